The van der Waals surface area contributed by atoms with E-state index in [-0.39, 0.29) is 11.4 Å². The highest BCUT2D eigenvalue weighted by Gasteiger charge is 2.10. The number of hydrogen-bond acceptors (Lipinski definition) is 3. The summed E-state index contributed by atoms with van der Waals surface area (Å²) in [7, 11) is 0. The van der Waals surface area contributed by atoms with Gasteiger partial charge in [0.25, 0.3) is 5.91 Å². The van der Waals surface area contributed by atoms with Gasteiger partial charge in [0.15, 0.2) is 18.2 Å². The third kappa shape index (κ3) is 3.92. The molecular formula is C15H14F2N2O2. The van der Waals surface area contributed by atoms with E-state index >= 15 is 0 Å². The van der Waals surface area contributed by atoms with E-state index in [4.69, 9.17) is 10.5 Å². The summed E-state index contributed by atoms with van der Waals surface area (Å²) < 4.78 is 32.0. The number of benzene rings is 2. The largest absolute Gasteiger partial charge is 0.481 e. The van der Waals surface area contributed by atoms with Crippen LogP contribution < -0.4 is 15.8 Å². The van der Waals surface area contributed by atoms with E-state index < -0.39 is 24.1 Å². The third-order valence-corrected chi connectivity index (χ3v) is 2.71. The molecule has 0 aromatic heterocycles. The van der Waals surface area contributed by atoms with Gasteiger partial charge in [-0.3, -0.25) is 4.79 Å². The Labute approximate surface area is 120 Å². The van der Waals surface area contributed by atoms with Crippen molar-refractivity contribution >= 4 is 17.3 Å². The molecule has 21 heavy (non-hydrogen) atoms. The molecule has 0 radical (unpaired) electrons. The Balaban J connectivity index is 1.99. The zero-order chi connectivity index (χ0) is 15.4. The lowest BCUT2D eigenvalue weighted by Gasteiger charge is -2.09. The SMILES string of the molecule is Cc1ccc(F)c(OCC(=O)Nc2cc(N)ccc2F)c1. The van der Waals surface area contributed by atoms with Crippen LogP contribution in [0.4, 0.5) is 20.2 Å². The molecule has 2 aromatic rings. The lowest BCUT2D eigenvalue weighted by molar-refractivity contribution is -0.118. The summed E-state index contributed by atoms with van der Waals surface area (Å²) in [6.45, 7) is 1.34. The molecule has 6 heteroatoms. The summed E-state index contributed by atoms with van der Waals surface area (Å²) in [5.41, 5.74) is 6.57. The predicted octanol–water partition coefficient (Wildman–Crippen LogP) is 2.87. The maximum absolute atomic E-state index is 13.4. The van der Waals surface area contributed by atoms with Crippen LogP contribution in [0.2, 0.25) is 0 Å². The van der Waals surface area contributed by atoms with Gasteiger partial charge in [-0.25, -0.2) is 8.78 Å². The molecule has 0 unspecified atom stereocenters. The van der Waals surface area contributed by atoms with Crippen LogP contribution in [0.3, 0.4) is 0 Å². The fraction of sp³-hybridized carbons (Fsp3) is 0.133. The van der Waals surface area contributed by atoms with Crippen molar-refractivity contribution in [2.45, 2.75) is 6.92 Å². The topological polar surface area (TPSA) is 64.3 Å². The Morgan fingerprint density at radius 3 is 2.67 bits per heavy atom. The Kier molecular flexibility index (Phi) is 4.37. The molecule has 0 heterocycles. The molecule has 4 nitrogen and oxygen atoms in total. The first-order valence-corrected chi connectivity index (χ1v) is 6.19. The fourth-order valence-corrected chi connectivity index (χ4v) is 1.69. The molecule has 3 N–H and O–H groups in total. The van der Waals surface area contributed by atoms with Crippen molar-refractivity contribution in [1.29, 1.82) is 0 Å². The number of nitrogens with two attached hydrogens (primary N) is 1. The van der Waals surface area contributed by atoms with Crippen molar-refractivity contribution in [2.24, 2.45) is 0 Å². The molecular weight excluding hydrogens is 278 g/mol. The maximum Gasteiger partial charge on any atom is 0.262 e. The Hall–Kier alpha value is -2.63. The van der Waals surface area contributed by atoms with E-state index in [1.807, 2.05) is 0 Å². The molecule has 1 amide bonds. The molecule has 0 bridgehead atoms. The first kappa shape index (κ1) is 14.8. The standard InChI is InChI=1S/C15H14F2N2O2/c1-9-2-4-12(17)14(6-9)21-8-15(20)19-13-7-10(18)3-5-11(13)16/h2-7H,8,18H2,1H3,(H,19,20). The highest BCUT2D eigenvalue weighted by molar-refractivity contribution is 5.92. The number of nitrogen functional groups attached to an aromatic ring is 1. The molecule has 0 spiro atoms. The average molecular weight is 292 g/mol. The number of halogens is 2. The van der Waals surface area contributed by atoms with Crippen molar-refractivity contribution in [3.63, 3.8) is 0 Å². The lowest BCUT2D eigenvalue weighted by Crippen LogP contribution is -2.21. The number of carbonyl (C=O) groups excluding carboxylic acids is 1. The van der Waals surface area contributed by atoms with E-state index in [1.54, 1.807) is 13.0 Å². The molecule has 0 aliphatic heterocycles. The number of aryl methyl sites for hydroxylation is 1. The van der Waals surface area contributed by atoms with Gasteiger partial charge < -0.3 is 15.8 Å². The average Bonchev–Trinajstić information content (AvgIpc) is 2.44. The number of hydrogen-bond donors (Lipinski definition) is 2. The Bertz CT molecular complexity index is 675. The second-order valence-electron chi connectivity index (χ2n) is 4.51. The number of nitrogens with one attached hydrogen (secondary N) is 1. The number of carbonyl (C=O) groups is 1. The molecule has 0 aliphatic rings. The quantitative estimate of drug-likeness (QED) is 0.852. The van der Waals surface area contributed by atoms with Gasteiger partial charge in [0.2, 0.25) is 0 Å². The van der Waals surface area contributed by atoms with Gasteiger partial charge in [-0.15, -0.1) is 0 Å². The predicted molar refractivity (Wildman–Crippen MR) is 76.1 cm³/mol. The number of amides is 1. The minimum atomic E-state index is -0.612. The van der Waals surface area contributed by atoms with Crippen LogP contribution in [0.25, 0.3) is 0 Å². The molecule has 0 fully saturated rings. The van der Waals surface area contributed by atoms with Crippen molar-refractivity contribution in [3.8, 4) is 5.75 Å². The molecule has 2 rings (SSSR count). The highest BCUT2D eigenvalue weighted by Crippen LogP contribution is 2.19. The summed E-state index contributed by atoms with van der Waals surface area (Å²) >= 11 is 0. The van der Waals surface area contributed by atoms with Gasteiger partial charge in [-0.05, 0) is 42.8 Å². The molecule has 110 valence electrons. The Morgan fingerprint density at radius 1 is 1.19 bits per heavy atom. The molecule has 0 saturated carbocycles. The van der Waals surface area contributed by atoms with E-state index in [0.717, 1.165) is 11.6 Å². The third-order valence-electron chi connectivity index (χ3n) is 2.71. The van der Waals surface area contributed by atoms with E-state index in [9.17, 15) is 13.6 Å². The second-order valence-corrected chi connectivity index (χ2v) is 4.51. The highest BCUT2D eigenvalue weighted by atomic mass is 19.1. The summed E-state index contributed by atoms with van der Waals surface area (Å²) in [6.07, 6.45) is 0. The normalized spacial score (nSPS) is 10.2. The number of ether oxygens (including phenoxy) is 1. The number of anilines is 2. The first-order chi connectivity index (χ1) is 9.95. The van der Waals surface area contributed by atoms with Crippen LogP contribution in [0.15, 0.2) is 36.4 Å². The minimum Gasteiger partial charge on any atom is -0.481 e. The zero-order valence-electron chi connectivity index (χ0n) is 11.3. The van der Waals surface area contributed by atoms with Crippen molar-refractivity contribution in [3.05, 3.63) is 53.6 Å². The van der Waals surface area contributed by atoms with E-state index in [2.05, 4.69) is 5.32 Å². The first-order valence-electron chi connectivity index (χ1n) is 6.19. The van der Waals surface area contributed by atoms with Gasteiger partial charge in [-0.2, -0.15) is 0 Å². The van der Waals surface area contributed by atoms with Crippen LogP contribution in [0.1, 0.15) is 5.56 Å². The van der Waals surface area contributed by atoms with Gasteiger partial charge in [0, 0.05) is 5.69 Å². The van der Waals surface area contributed by atoms with Crippen LogP contribution >= 0.6 is 0 Å². The Morgan fingerprint density at radius 2 is 1.90 bits per heavy atom. The smallest absolute Gasteiger partial charge is 0.262 e. The lowest BCUT2D eigenvalue weighted by atomic mass is 10.2. The summed E-state index contributed by atoms with van der Waals surface area (Å²) in [5.74, 6) is -1.82. The van der Waals surface area contributed by atoms with Crippen molar-refractivity contribution < 1.29 is 18.3 Å². The zero-order valence-corrected chi connectivity index (χ0v) is 11.3. The van der Waals surface area contributed by atoms with Crippen molar-refractivity contribution in [1.82, 2.24) is 0 Å². The molecule has 0 saturated heterocycles. The van der Waals surface area contributed by atoms with Gasteiger partial charge >= 0.3 is 0 Å². The van der Waals surface area contributed by atoms with Crippen LogP contribution in [-0.4, -0.2) is 12.5 Å². The molecule has 0 aliphatic carbocycles. The maximum atomic E-state index is 13.4. The summed E-state index contributed by atoms with van der Waals surface area (Å²) in [4.78, 5) is 11.7. The van der Waals surface area contributed by atoms with Gasteiger partial charge in [0.05, 0.1) is 5.69 Å². The molecule has 0 atom stereocenters. The van der Waals surface area contributed by atoms with Crippen LogP contribution in [-0.2, 0) is 4.79 Å². The second kappa shape index (κ2) is 6.21. The fourth-order valence-electron chi connectivity index (χ4n) is 1.69. The van der Waals surface area contributed by atoms with Gasteiger partial charge in [0.1, 0.15) is 5.82 Å². The monoisotopic (exact) mass is 292 g/mol. The summed E-state index contributed by atoms with van der Waals surface area (Å²) in [6, 6.07) is 8.13. The van der Waals surface area contributed by atoms with E-state index in [1.165, 1.54) is 24.3 Å². The minimum absolute atomic E-state index is 0.0294. The van der Waals surface area contributed by atoms with E-state index in [0.29, 0.717) is 5.69 Å². The number of rotatable bonds is 4. The summed E-state index contributed by atoms with van der Waals surface area (Å²) in [5, 5.41) is 2.31. The van der Waals surface area contributed by atoms with Crippen LogP contribution in [0.5, 0.6) is 5.75 Å². The molecule has 2 aromatic carbocycles. The van der Waals surface area contributed by atoms with Crippen LogP contribution in [0, 0.1) is 18.6 Å². The van der Waals surface area contributed by atoms with Gasteiger partial charge in [-0.1, -0.05) is 6.07 Å². The van der Waals surface area contributed by atoms with Crippen molar-refractivity contribution in [2.75, 3.05) is 17.7 Å².